The largest absolute Gasteiger partial charge is 0.465 e. The molecule has 0 saturated carbocycles. The van der Waals surface area contributed by atoms with Gasteiger partial charge in [-0.2, -0.15) is 0 Å². The van der Waals surface area contributed by atoms with E-state index in [2.05, 4.69) is 38.7 Å². The molecule has 1 aromatic heterocycles. The third-order valence-corrected chi connectivity index (χ3v) is 3.94. The number of amides is 1. The van der Waals surface area contributed by atoms with Crippen LogP contribution >= 0.6 is 15.9 Å². The zero-order chi connectivity index (χ0) is 12.7. The Bertz CT molecular complexity index is 621. The summed E-state index contributed by atoms with van der Waals surface area (Å²) in [6, 6.07) is 8.37. The summed E-state index contributed by atoms with van der Waals surface area (Å²) < 4.78 is 3.30. The fourth-order valence-corrected chi connectivity index (χ4v) is 2.92. The van der Waals surface area contributed by atoms with Crippen molar-refractivity contribution in [2.45, 2.75) is 13.0 Å². The van der Waals surface area contributed by atoms with Gasteiger partial charge in [0.1, 0.15) is 0 Å². The first kappa shape index (κ1) is 11.6. The van der Waals surface area contributed by atoms with E-state index in [9.17, 15) is 4.79 Å². The Morgan fingerprint density at radius 2 is 2.06 bits per heavy atom. The van der Waals surface area contributed by atoms with Gasteiger partial charge in [-0.3, -0.25) is 0 Å². The van der Waals surface area contributed by atoms with Gasteiger partial charge in [0.05, 0.1) is 0 Å². The van der Waals surface area contributed by atoms with Crippen molar-refractivity contribution in [2.75, 3.05) is 13.1 Å². The molecule has 1 aliphatic rings. The van der Waals surface area contributed by atoms with Gasteiger partial charge < -0.3 is 14.6 Å². The summed E-state index contributed by atoms with van der Waals surface area (Å²) in [5, 5.41) is 10.3. The Hall–Kier alpha value is -1.49. The molecule has 1 aliphatic heterocycles. The lowest BCUT2D eigenvalue weighted by Crippen LogP contribution is -2.32. The average Bonchev–Trinajstić information content (AvgIpc) is 2.53. The lowest BCUT2D eigenvalue weighted by Gasteiger charge is -2.15. The first-order valence-electron chi connectivity index (χ1n) is 5.91. The summed E-state index contributed by atoms with van der Waals surface area (Å²) in [7, 11) is 0. The van der Waals surface area contributed by atoms with E-state index >= 15 is 0 Å². The van der Waals surface area contributed by atoms with Gasteiger partial charge in [0, 0.05) is 47.1 Å². The molecule has 0 bridgehead atoms. The monoisotopic (exact) mass is 308 g/mol. The van der Waals surface area contributed by atoms with Crippen molar-refractivity contribution in [2.24, 2.45) is 0 Å². The number of hydrogen-bond acceptors (Lipinski definition) is 1. The summed E-state index contributed by atoms with van der Waals surface area (Å²) in [5.41, 5.74) is 2.40. The van der Waals surface area contributed by atoms with Gasteiger partial charge in [0.2, 0.25) is 0 Å². The first-order chi connectivity index (χ1) is 8.65. The van der Waals surface area contributed by atoms with Gasteiger partial charge in [-0.05, 0) is 24.3 Å². The quantitative estimate of drug-likeness (QED) is 0.813. The lowest BCUT2D eigenvalue weighted by atomic mass is 10.2. The second-order valence-electron chi connectivity index (χ2n) is 4.51. The summed E-state index contributed by atoms with van der Waals surface area (Å²) in [6.07, 6.45) is -0.0497. The fourth-order valence-electron chi connectivity index (χ4n) is 2.54. The van der Waals surface area contributed by atoms with E-state index in [1.165, 1.54) is 21.5 Å². The zero-order valence-corrected chi connectivity index (χ0v) is 11.4. The van der Waals surface area contributed by atoms with Crippen LogP contribution in [0.1, 0.15) is 5.69 Å². The maximum absolute atomic E-state index is 11.0. The zero-order valence-electron chi connectivity index (χ0n) is 9.77. The van der Waals surface area contributed by atoms with Crippen molar-refractivity contribution in [3.63, 3.8) is 0 Å². The highest BCUT2D eigenvalue weighted by molar-refractivity contribution is 9.10. The molecule has 18 heavy (non-hydrogen) atoms. The van der Waals surface area contributed by atoms with Gasteiger partial charge in [-0.1, -0.05) is 15.9 Å². The molecule has 1 aromatic carbocycles. The maximum atomic E-state index is 11.0. The van der Waals surface area contributed by atoms with Crippen LogP contribution in [0.25, 0.3) is 10.9 Å². The highest BCUT2D eigenvalue weighted by atomic mass is 79.9. The van der Waals surface area contributed by atoms with Crippen LogP contribution in [-0.4, -0.2) is 33.8 Å². The third-order valence-electron chi connectivity index (χ3n) is 3.45. The van der Waals surface area contributed by atoms with E-state index < -0.39 is 6.09 Å². The van der Waals surface area contributed by atoms with Crippen molar-refractivity contribution in [1.29, 1.82) is 0 Å². The maximum Gasteiger partial charge on any atom is 0.407 e. The van der Waals surface area contributed by atoms with Crippen molar-refractivity contribution in [1.82, 2.24) is 9.47 Å². The van der Waals surface area contributed by atoms with E-state index in [-0.39, 0.29) is 0 Å². The van der Waals surface area contributed by atoms with Crippen molar-refractivity contribution in [3.8, 4) is 0 Å². The summed E-state index contributed by atoms with van der Waals surface area (Å²) in [5.74, 6) is 0. The van der Waals surface area contributed by atoms with Gasteiger partial charge in [-0.25, -0.2) is 4.79 Å². The van der Waals surface area contributed by atoms with Crippen LogP contribution in [0.15, 0.2) is 28.7 Å². The molecule has 2 aromatic rings. The van der Waals surface area contributed by atoms with E-state index in [1.807, 2.05) is 6.07 Å². The topological polar surface area (TPSA) is 45.5 Å². The number of nitrogens with zero attached hydrogens (tertiary/aromatic N) is 2. The summed E-state index contributed by atoms with van der Waals surface area (Å²) in [4.78, 5) is 12.5. The van der Waals surface area contributed by atoms with Crippen LogP contribution in [0.5, 0.6) is 0 Å². The molecule has 1 amide bonds. The Morgan fingerprint density at radius 1 is 1.22 bits per heavy atom. The molecule has 0 fully saturated rings. The van der Waals surface area contributed by atoms with Crippen LogP contribution < -0.4 is 0 Å². The number of carbonyl (C=O) groups is 1. The number of fused-ring (bicyclic) bond motifs is 3. The average molecular weight is 309 g/mol. The lowest BCUT2D eigenvalue weighted by molar-refractivity contribution is 0.146. The van der Waals surface area contributed by atoms with Gasteiger partial charge in [0.25, 0.3) is 0 Å². The molecule has 2 heterocycles. The highest BCUT2D eigenvalue weighted by Crippen LogP contribution is 2.25. The highest BCUT2D eigenvalue weighted by Gasteiger charge is 2.19. The van der Waals surface area contributed by atoms with Crippen molar-refractivity contribution >= 4 is 32.9 Å². The predicted molar refractivity (Wildman–Crippen MR) is 72.9 cm³/mol. The molecule has 0 spiro atoms. The number of hydrogen-bond donors (Lipinski definition) is 1. The molecule has 0 aliphatic carbocycles. The van der Waals surface area contributed by atoms with Gasteiger partial charge in [0.15, 0.2) is 0 Å². The molecule has 0 radical (unpaired) electrons. The molecule has 0 atom stereocenters. The Balaban J connectivity index is 2.02. The van der Waals surface area contributed by atoms with E-state index in [0.29, 0.717) is 13.1 Å². The SMILES string of the molecule is O=C(O)N1CCc2cc3cc(Br)ccc3n2CC1. The minimum absolute atomic E-state index is 0.558. The number of carboxylic acid groups (broad SMARTS) is 1. The Kier molecular flexibility index (Phi) is 2.78. The van der Waals surface area contributed by atoms with Crippen LogP contribution in [0.4, 0.5) is 4.79 Å². The van der Waals surface area contributed by atoms with E-state index in [1.54, 1.807) is 0 Å². The minimum Gasteiger partial charge on any atom is -0.465 e. The van der Waals surface area contributed by atoms with Crippen LogP contribution in [0, 0.1) is 0 Å². The molecule has 3 rings (SSSR count). The smallest absolute Gasteiger partial charge is 0.407 e. The predicted octanol–water partition coefficient (Wildman–Crippen LogP) is 2.94. The van der Waals surface area contributed by atoms with Crippen LogP contribution in [-0.2, 0) is 13.0 Å². The number of aromatic nitrogens is 1. The number of rotatable bonds is 0. The molecular weight excluding hydrogens is 296 g/mol. The first-order valence-corrected chi connectivity index (χ1v) is 6.70. The molecule has 4 nitrogen and oxygen atoms in total. The standard InChI is InChI=1S/C13H13BrN2O2/c14-10-1-2-12-9(7-10)8-11-3-4-15(13(17)18)5-6-16(11)12/h1-2,7-8H,3-6H2,(H,17,18). The summed E-state index contributed by atoms with van der Waals surface area (Å²) >= 11 is 3.47. The van der Waals surface area contributed by atoms with E-state index in [4.69, 9.17) is 5.11 Å². The number of benzene rings is 1. The molecule has 0 unspecified atom stereocenters. The normalized spacial score (nSPS) is 15.5. The Morgan fingerprint density at radius 3 is 2.83 bits per heavy atom. The van der Waals surface area contributed by atoms with E-state index in [0.717, 1.165) is 17.4 Å². The fraction of sp³-hybridized carbons (Fsp3) is 0.308. The molecule has 1 N–H and O–H groups in total. The third kappa shape index (κ3) is 1.88. The van der Waals surface area contributed by atoms with Gasteiger partial charge >= 0.3 is 6.09 Å². The molecule has 5 heteroatoms. The Labute approximate surface area is 113 Å². The van der Waals surface area contributed by atoms with Crippen LogP contribution in [0.3, 0.4) is 0 Å². The number of halogens is 1. The van der Waals surface area contributed by atoms with Crippen molar-refractivity contribution < 1.29 is 9.90 Å². The second kappa shape index (κ2) is 4.31. The molecular formula is C13H13BrN2O2. The summed E-state index contributed by atoms with van der Waals surface area (Å²) in [6.45, 7) is 1.86. The second-order valence-corrected chi connectivity index (χ2v) is 5.43. The van der Waals surface area contributed by atoms with Crippen molar-refractivity contribution in [3.05, 3.63) is 34.4 Å². The minimum atomic E-state index is -0.826. The van der Waals surface area contributed by atoms with Gasteiger partial charge in [-0.15, -0.1) is 0 Å². The van der Waals surface area contributed by atoms with Crippen LogP contribution in [0.2, 0.25) is 0 Å². The molecule has 94 valence electrons. The molecule has 0 saturated heterocycles.